The Morgan fingerprint density at radius 2 is 1.88 bits per heavy atom. The first-order valence-electron chi connectivity index (χ1n) is 10.3. The van der Waals surface area contributed by atoms with Crippen molar-refractivity contribution < 1.29 is 18.9 Å². The van der Waals surface area contributed by atoms with Crippen LogP contribution in [0, 0.1) is 10.1 Å². The molecule has 4 rings (SSSR count). The molecule has 0 fully saturated rings. The number of rotatable bonds is 7. The number of non-ortho nitro benzene ring substituents is 1. The minimum absolute atomic E-state index is 0.00161. The maximum absolute atomic E-state index is 13.5. The van der Waals surface area contributed by atoms with E-state index in [4.69, 9.17) is 9.15 Å². The molecule has 166 valence electrons. The molecule has 0 aliphatic carbocycles. The molecule has 1 aromatic heterocycles. The Morgan fingerprint density at radius 1 is 1.16 bits per heavy atom. The molecule has 0 saturated heterocycles. The number of amides is 1. The van der Waals surface area contributed by atoms with E-state index in [0.717, 1.165) is 0 Å². The number of fused-ring (bicyclic) bond motifs is 2. The Bertz CT molecular complexity index is 1250. The van der Waals surface area contributed by atoms with Gasteiger partial charge in [-0.05, 0) is 50.8 Å². The third kappa shape index (κ3) is 3.71. The first-order chi connectivity index (χ1) is 15.3. The number of nitrogens with zero attached hydrogens (tertiary/aromatic N) is 3. The van der Waals surface area contributed by atoms with Gasteiger partial charge in [0.2, 0.25) is 5.76 Å². The summed E-state index contributed by atoms with van der Waals surface area (Å²) in [5.74, 6) is 0.161. The number of carbonyl (C=O) groups is 1. The summed E-state index contributed by atoms with van der Waals surface area (Å²) in [5, 5.41) is 11.4. The Kier molecular flexibility index (Phi) is 5.67. The van der Waals surface area contributed by atoms with Crippen LogP contribution >= 0.6 is 0 Å². The van der Waals surface area contributed by atoms with Crippen LogP contribution in [0.2, 0.25) is 0 Å². The molecule has 0 spiro atoms. The molecule has 0 N–H and O–H groups in total. The van der Waals surface area contributed by atoms with Gasteiger partial charge in [0, 0.05) is 31.3 Å². The molecule has 1 aliphatic heterocycles. The summed E-state index contributed by atoms with van der Waals surface area (Å²) in [5.41, 5.74) is 0.781. The van der Waals surface area contributed by atoms with Crippen LogP contribution in [0.5, 0.6) is 5.75 Å². The van der Waals surface area contributed by atoms with Gasteiger partial charge in [0.15, 0.2) is 5.43 Å². The van der Waals surface area contributed by atoms with Gasteiger partial charge < -0.3 is 19.0 Å². The molecule has 32 heavy (non-hydrogen) atoms. The monoisotopic (exact) mass is 437 g/mol. The lowest BCUT2D eigenvalue weighted by Crippen LogP contribution is -2.35. The molecule has 3 aromatic rings. The van der Waals surface area contributed by atoms with Crippen LogP contribution in [-0.4, -0.2) is 54.4 Å². The van der Waals surface area contributed by atoms with E-state index in [1.807, 2.05) is 25.9 Å². The van der Waals surface area contributed by atoms with Gasteiger partial charge in [-0.1, -0.05) is 0 Å². The molecular formula is C23H23N3O6. The lowest BCUT2D eigenvalue weighted by Gasteiger charge is -2.26. The quantitative estimate of drug-likeness (QED) is 0.413. The summed E-state index contributed by atoms with van der Waals surface area (Å²) in [6.07, 6.45) is 0. The Hall–Kier alpha value is -3.72. The third-order valence-corrected chi connectivity index (χ3v) is 5.46. The Labute approximate surface area is 183 Å². The zero-order chi connectivity index (χ0) is 23.0. The van der Waals surface area contributed by atoms with Gasteiger partial charge in [0.1, 0.15) is 11.3 Å². The van der Waals surface area contributed by atoms with Gasteiger partial charge in [-0.15, -0.1) is 0 Å². The zero-order valence-electron chi connectivity index (χ0n) is 18.0. The van der Waals surface area contributed by atoms with E-state index in [2.05, 4.69) is 0 Å². The normalized spacial score (nSPS) is 15.4. The number of hydrogen-bond acceptors (Lipinski definition) is 7. The molecular weight excluding hydrogens is 414 g/mol. The molecule has 1 aliphatic rings. The van der Waals surface area contributed by atoms with Crippen LogP contribution in [0.4, 0.5) is 5.69 Å². The number of benzene rings is 2. The highest BCUT2D eigenvalue weighted by Crippen LogP contribution is 2.38. The number of carbonyl (C=O) groups excluding carboxylic acids is 1. The molecule has 9 heteroatoms. The van der Waals surface area contributed by atoms with Crippen molar-refractivity contribution in [1.82, 2.24) is 9.80 Å². The van der Waals surface area contributed by atoms with Crippen molar-refractivity contribution in [3.8, 4) is 5.75 Å². The van der Waals surface area contributed by atoms with Crippen LogP contribution in [0.25, 0.3) is 11.0 Å². The van der Waals surface area contributed by atoms with Crippen LogP contribution in [-0.2, 0) is 0 Å². The molecule has 0 bridgehead atoms. The number of nitro benzene ring substituents is 1. The predicted octanol–water partition coefficient (Wildman–Crippen LogP) is 3.21. The summed E-state index contributed by atoms with van der Waals surface area (Å²) in [4.78, 5) is 40.9. The summed E-state index contributed by atoms with van der Waals surface area (Å²) in [7, 11) is 3.78. The van der Waals surface area contributed by atoms with Crippen molar-refractivity contribution in [3.63, 3.8) is 0 Å². The van der Waals surface area contributed by atoms with Gasteiger partial charge in [0.05, 0.1) is 28.5 Å². The van der Waals surface area contributed by atoms with Crippen LogP contribution < -0.4 is 10.2 Å². The molecule has 2 aromatic carbocycles. The summed E-state index contributed by atoms with van der Waals surface area (Å²) in [6, 6.07) is 10.1. The van der Waals surface area contributed by atoms with Crippen molar-refractivity contribution in [1.29, 1.82) is 0 Å². The lowest BCUT2D eigenvalue weighted by atomic mass is 9.98. The molecule has 0 saturated carbocycles. The standard InChI is InChI=1S/C23H23N3O6/c1-4-31-16-9-10-17-18(13-16)32-22-19(21(17)27)20(25(23(22)28)12-11-24(2)3)14-5-7-15(8-6-14)26(29)30/h5-10,13,20H,4,11-12H2,1-3H3. The molecule has 2 heterocycles. The van der Waals surface area contributed by atoms with E-state index in [1.54, 1.807) is 35.2 Å². The first-order valence-corrected chi connectivity index (χ1v) is 10.3. The maximum atomic E-state index is 13.5. The Balaban J connectivity index is 1.89. The van der Waals surface area contributed by atoms with Crippen LogP contribution in [0.1, 0.15) is 34.6 Å². The van der Waals surface area contributed by atoms with Gasteiger partial charge in [0.25, 0.3) is 11.6 Å². The SMILES string of the molecule is CCOc1ccc2c(=O)c3c(oc2c1)C(=O)N(CCN(C)C)C3c1ccc([N+](=O)[O-])cc1. The van der Waals surface area contributed by atoms with E-state index < -0.39 is 11.0 Å². The highest BCUT2D eigenvalue weighted by atomic mass is 16.6. The Morgan fingerprint density at radius 3 is 2.50 bits per heavy atom. The van der Waals surface area contributed by atoms with Gasteiger partial charge >= 0.3 is 0 Å². The second-order valence-electron chi connectivity index (χ2n) is 7.82. The fraction of sp³-hybridized carbons (Fsp3) is 0.304. The molecule has 1 unspecified atom stereocenters. The fourth-order valence-corrected chi connectivity index (χ4v) is 3.92. The minimum atomic E-state index is -0.689. The largest absolute Gasteiger partial charge is 0.494 e. The number of ether oxygens (including phenoxy) is 1. The smallest absolute Gasteiger partial charge is 0.290 e. The second-order valence-corrected chi connectivity index (χ2v) is 7.82. The zero-order valence-corrected chi connectivity index (χ0v) is 18.0. The predicted molar refractivity (Wildman–Crippen MR) is 118 cm³/mol. The molecule has 9 nitrogen and oxygen atoms in total. The van der Waals surface area contributed by atoms with Crippen molar-refractivity contribution in [2.45, 2.75) is 13.0 Å². The van der Waals surface area contributed by atoms with E-state index in [-0.39, 0.29) is 33.9 Å². The van der Waals surface area contributed by atoms with Crippen molar-refractivity contribution >= 4 is 22.6 Å². The van der Waals surface area contributed by atoms with Crippen molar-refractivity contribution in [2.75, 3.05) is 33.8 Å². The van der Waals surface area contributed by atoms with E-state index in [9.17, 15) is 19.7 Å². The average molecular weight is 437 g/mol. The molecule has 1 amide bonds. The topological polar surface area (TPSA) is 106 Å². The van der Waals surface area contributed by atoms with E-state index in [0.29, 0.717) is 36.4 Å². The summed E-state index contributed by atoms with van der Waals surface area (Å²) < 4.78 is 11.4. The highest BCUT2D eigenvalue weighted by molar-refractivity contribution is 5.99. The van der Waals surface area contributed by atoms with E-state index >= 15 is 0 Å². The average Bonchev–Trinajstić information content (AvgIpc) is 3.04. The van der Waals surface area contributed by atoms with Crippen LogP contribution in [0.3, 0.4) is 0 Å². The first kappa shape index (κ1) is 21.5. The van der Waals surface area contributed by atoms with E-state index in [1.165, 1.54) is 12.1 Å². The maximum Gasteiger partial charge on any atom is 0.290 e. The van der Waals surface area contributed by atoms with Gasteiger partial charge in [-0.25, -0.2) is 0 Å². The molecule has 1 atom stereocenters. The summed E-state index contributed by atoms with van der Waals surface area (Å²) >= 11 is 0. The van der Waals surface area contributed by atoms with Crippen molar-refractivity contribution in [2.24, 2.45) is 0 Å². The highest BCUT2D eigenvalue weighted by Gasteiger charge is 2.42. The number of hydrogen-bond donors (Lipinski definition) is 0. The fourth-order valence-electron chi connectivity index (χ4n) is 3.92. The van der Waals surface area contributed by atoms with Gasteiger partial charge in [-0.2, -0.15) is 0 Å². The summed E-state index contributed by atoms with van der Waals surface area (Å²) in [6.45, 7) is 3.24. The van der Waals surface area contributed by atoms with Crippen LogP contribution in [0.15, 0.2) is 51.7 Å². The third-order valence-electron chi connectivity index (χ3n) is 5.46. The minimum Gasteiger partial charge on any atom is -0.494 e. The van der Waals surface area contributed by atoms with Crippen molar-refractivity contribution in [3.05, 3.63) is 79.7 Å². The number of nitro groups is 1. The number of likely N-dealkylation sites (N-methyl/N-ethyl adjacent to an activating group) is 1. The lowest BCUT2D eigenvalue weighted by molar-refractivity contribution is -0.384. The van der Waals surface area contributed by atoms with Gasteiger partial charge in [-0.3, -0.25) is 19.7 Å². The molecule has 0 radical (unpaired) electrons. The second kappa shape index (κ2) is 8.43.